The van der Waals surface area contributed by atoms with E-state index in [9.17, 15) is 4.79 Å². The zero-order chi connectivity index (χ0) is 17.0. The van der Waals surface area contributed by atoms with Gasteiger partial charge in [-0.1, -0.05) is 63.3 Å². The van der Waals surface area contributed by atoms with Gasteiger partial charge in [0.2, 0.25) is 5.91 Å². The van der Waals surface area contributed by atoms with Crippen LogP contribution >= 0.6 is 0 Å². The zero-order valence-corrected chi connectivity index (χ0v) is 15.2. The van der Waals surface area contributed by atoms with Crippen LogP contribution in [-0.2, 0) is 4.79 Å². The minimum absolute atomic E-state index is 0.140. The van der Waals surface area contributed by atoms with Crippen molar-refractivity contribution in [3.05, 3.63) is 24.3 Å². The van der Waals surface area contributed by atoms with E-state index in [0.29, 0.717) is 19.5 Å². The van der Waals surface area contributed by atoms with E-state index in [1.165, 1.54) is 51.4 Å². The number of rotatable bonds is 16. The lowest BCUT2D eigenvalue weighted by molar-refractivity contribution is -0.121. The summed E-state index contributed by atoms with van der Waals surface area (Å²) in [5.74, 6) is 0.140. The highest BCUT2D eigenvalue weighted by atomic mass is 16.1. The van der Waals surface area contributed by atoms with Gasteiger partial charge < -0.3 is 11.1 Å². The molecule has 3 N–H and O–H groups in total. The zero-order valence-electron chi connectivity index (χ0n) is 15.2. The Balaban J connectivity index is 3.23. The van der Waals surface area contributed by atoms with Crippen LogP contribution in [0.1, 0.15) is 84.0 Å². The number of amides is 1. The Kier molecular flexibility index (Phi) is 18.1. The largest absolute Gasteiger partial charge is 0.355 e. The van der Waals surface area contributed by atoms with E-state index in [1.807, 2.05) is 0 Å². The number of unbranched alkanes of at least 4 members (excludes halogenated alkanes) is 8. The fourth-order valence-electron chi connectivity index (χ4n) is 2.40. The van der Waals surface area contributed by atoms with Gasteiger partial charge in [-0.05, 0) is 38.5 Å². The number of carbonyl (C=O) groups excluding carboxylic acids is 1. The molecule has 0 radical (unpaired) electrons. The molecule has 0 heterocycles. The topological polar surface area (TPSA) is 55.1 Å². The summed E-state index contributed by atoms with van der Waals surface area (Å²) in [5.41, 5.74) is 5.34. The Labute approximate surface area is 143 Å². The maximum Gasteiger partial charge on any atom is 0.220 e. The summed E-state index contributed by atoms with van der Waals surface area (Å²) in [6, 6.07) is 0. The normalized spacial score (nSPS) is 11.6. The molecule has 0 aliphatic carbocycles. The van der Waals surface area contributed by atoms with Gasteiger partial charge in [0.1, 0.15) is 0 Å². The van der Waals surface area contributed by atoms with E-state index in [4.69, 9.17) is 5.73 Å². The summed E-state index contributed by atoms with van der Waals surface area (Å²) in [6.45, 7) is 3.36. The van der Waals surface area contributed by atoms with Crippen LogP contribution in [0.3, 0.4) is 0 Å². The molecule has 3 nitrogen and oxygen atoms in total. The molecule has 0 fully saturated rings. The molecule has 0 aliphatic heterocycles. The molecule has 0 bridgehead atoms. The Morgan fingerprint density at radius 2 is 1.48 bits per heavy atom. The predicted octanol–water partition coefficient (Wildman–Crippen LogP) is 4.87. The second-order valence-corrected chi connectivity index (χ2v) is 6.12. The minimum atomic E-state index is 0.140. The summed E-state index contributed by atoms with van der Waals surface area (Å²) in [6.07, 6.45) is 23.2. The Morgan fingerprint density at radius 3 is 2.13 bits per heavy atom. The van der Waals surface area contributed by atoms with Crippen molar-refractivity contribution in [2.24, 2.45) is 5.73 Å². The maximum atomic E-state index is 11.4. The first-order valence-corrected chi connectivity index (χ1v) is 9.58. The highest BCUT2D eigenvalue weighted by Gasteiger charge is 1.99. The third kappa shape index (κ3) is 18.9. The lowest BCUT2D eigenvalue weighted by Gasteiger charge is -2.03. The molecule has 0 atom stereocenters. The van der Waals surface area contributed by atoms with Crippen molar-refractivity contribution in [1.29, 1.82) is 0 Å². The van der Waals surface area contributed by atoms with Crippen LogP contribution in [0, 0.1) is 0 Å². The van der Waals surface area contributed by atoms with Gasteiger partial charge in [-0.2, -0.15) is 0 Å². The summed E-state index contributed by atoms with van der Waals surface area (Å²) in [7, 11) is 0. The third-order valence-corrected chi connectivity index (χ3v) is 3.82. The fourth-order valence-corrected chi connectivity index (χ4v) is 2.40. The quantitative estimate of drug-likeness (QED) is 0.314. The minimum Gasteiger partial charge on any atom is -0.355 e. The smallest absolute Gasteiger partial charge is 0.220 e. The van der Waals surface area contributed by atoms with Crippen molar-refractivity contribution in [2.45, 2.75) is 84.0 Å². The van der Waals surface area contributed by atoms with Gasteiger partial charge in [0.15, 0.2) is 0 Å². The fraction of sp³-hybridized carbons (Fsp3) is 0.750. The summed E-state index contributed by atoms with van der Waals surface area (Å²) >= 11 is 0. The van der Waals surface area contributed by atoms with Crippen LogP contribution in [0.5, 0.6) is 0 Å². The number of nitrogens with two attached hydrogens (primary N) is 1. The van der Waals surface area contributed by atoms with E-state index < -0.39 is 0 Å². The first-order chi connectivity index (χ1) is 11.3. The van der Waals surface area contributed by atoms with E-state index in [2.05, 4.69) is 36.5 Å². The molecule has 0 saturated carbocycles. The highest BCUT2D eigenvalue weighted by Crippen LogP contribution is 2.08. The van der Waals surface area contributed by atoms with E-state index >= 15 is 0 Å². The van der Waals surface area contributed by atoms with Gasteiger partial charge in [0, 0.05) is 19.5 Å². The van der Waals surface area contributed by atoms with E-state index in [1.54, 1.807) is 0 Å². The molecule has 0 saturated heterocycles. The van der Waals surface area contributed by atoms with Crippen LogP contribution in [0.4, 0.5) is 0 Å². The Bertz CT molecular complexity index is 311. The number of hydrogen-bond acceptors (Lipinski definition) is 2. The lowest BCUT2D eigenvalue weighted by Crippen LogP contribution is -2.28. The van der Waals surface area contributed by atoms with Crippen molar-refractivity contribution in [1.82, 2.24) is 5.32 Å². The SMILES string of the molecule is CCCCCC=CCC=CCCCCCCCC(=O)NCCN. The Morgan fingerprint density at radius 1 is 0.870 bits per heavy atom. The van der Waals surface area contributed by atoms with Crippen molar-refractivity contribution in [3.63, 3.8) is 0 Å². The van der Waals surface area contributed by atoms with Crippen molar-refractivity contribution in [2.75, 3.05) is 13.1 Å². The van der Waals surface area contributed by atoms with Crippen LogP contribution in [0.15, 0.2) is 24.3 Å². The number of allylic oxidation sites excluding steroid dienone is 4. The molecule has 0 aliphatic rings. The van der Waals surface area contributed by atoms with Crippen molar-refractivity contribution in [3.8, 4) is 0 Å². The molecule has 0 aromatic heterocycles. The average Bonchev–Trinajstić information content (AvgIpc) is 2.56. The molecule has 134 valence electrons. The van der Waals surface area contributed by atoms with Gasteiger partial charge >= 0.3 is 0 Å². The van der Waals surface area contributed by atoms with Crippen LogP contribution in [0.25, 0.3) is 0 Å². The van der Waals surface area contributed by atoms with Gasteiger partial charge in [-0.25, -0.2) is 0 Å². The molecular weight excluding hydrogens is 284 g/mol. The molecule has 0 unspecified atom stereocenters. The summed E-state index contributed by atoms with van der Waals surface area (Å²) in [5, 5.41) is 2.80. The second-order valence-electron chi connectivity index (χ2n) is 6.12. The molecule has 0 rings (SSSR count). The predicted molar refractivity (Wildman–Crippen MR) is 101 cm³/mol. The Hall–Kier alpha value is -1.09. The second kappa shape index (κ2) is 19.0. The number of carbonyl (C=O) groups is 1. The van der Waals surface area contributed by atoms with Crippen molar-refractivity contribution >= 4 is 5.91 Å². The standard InChI is InChI=1S/C20H38N2O/c1-2-3-4-5-6-7-8-9-10-11-12-13-14-15-16-17-20(23)22-19-18-21/h6-7,9-10H,2-5,8,11-19,21H2,1H3,(H,22,23). The molecule has 3 heteroatoms. The van der Waals surface area contributed by atoms with Gasteiger partial charge in [0.05, 0.1) is 0 Å². The van der Waals surface area contributed by atoms with E-state index in [-0.39, 0.29) is 5.91 Å². The molecule has 0 aromatic carbocycles. The molecule has 0 aromatic rings. The van der Waals surface area contributed by atoms with Crippen molar-refractivity contribution < 1.29 is 4.79 Å². The molecular formula is C20H38N2O. The highest BCUT2D eigenvalue weighted by molar-refractivity contribution is 5.75. The van der Waals surface area contributed by atoms with Gasteiger partial charge in [-0.15, -0.1) is 0 Å². The van der Waals surface area contributed by atoms with E-state index in [0.717, 1.165) is 19.3 Å². The lowest BCUT2D eigenvalue weighted by atomic mass is 10.1. The number of hydrogen-bond donors (Lipinski definition) is 2. The maximum absolute atomic E-state index is 11.4. The van der Waals surface area contributed by atoms with Crippen LogP contribution in [-0.4, -0.2) is 19.0 Å². The molecule has 23 heavy (non-hydrogen) atoms. The summed E-state index contributed by atoms with van der Waals surface area (Å²) < 4.78 is 0. The molecule has 0 spiro atoms. The summed E-state index contributed by atoms with van der Waals surface area (Å²) in [4.78, 5) is 11.4. The average molecular weight is 323 g/mol. The first kappa shape index (κ1) is 21.9. The van der Waals surface area contributed by atoms with Crippen LogP contribution < -0.4 is 11.1 Å². The molecule has 1 amide bonds. The van der Waals surface area contributed by atoms with Gasteiger partial charge in [0.25, 0.3) is 0 Å². The monoisotopic (exact) mass is 322 g/mol. The number of nitrogens with one attached hydrogen (secondary N) is 1. The van der Waals surface area contributed by atoms with Gasteiger partial charge in [-0.3, -0.25) is 4.79 Å². The van der Waals surface area contributed by atoms with Crippen LogP contribution in [0.2, 0.25) is 0 Å². The first-order valence-electron chi connectivity index (χ1n) is 9.58. The third-order valence-electron chi connectivity index (χ3n) is 3.82.